The van der Waals surface area contributed by atoms with E-state index in [-0.39, 0.29) is 18.2 Å². The van der Waals surface area contributed by atoms with Crippen LogP contribution in [0.15, 0.2) is 54.6 Å². The summed E-state index contributed by atoms with van der Waals surface area (Å²) >= 11 is 6.31. The molecule has 24 heavy (non-hydrogen) atoms. The number of methoxy groups -OCH3 is 1. The van der Waals surface area contributed by atoms with Crippen LogP contribution in [-0.2, 0) is 26.2 Å². The first kappa shape index (κ1) is 18.2. The summed E-state index contributed by atoms with van der Waals surface area (Å²) in [6.07, 6.45) is 1.00. The molecule has 0 aliphatic heterocycles. The van der Waals surface area contributed by atoms with E-state index in [4.69, 9.17) is 16.3 Å². The molecule has 2 aromatic rings. The molecule has 1 atom stereocenters. The molecular formula is C20H21ClO3. The molecule has 0 fully saturated rings. The first-order chi connectivity index (χ1) is 11.5. The van der Waals surface area contributed by atoms with Crippen molar-refractivity contribution >= 4 is 23.4 Å². The van der Waals surface area contributed by atoms with Crippen molar-refractivity contribution in [2.24, 2.45) is 0 Å². The minimum atomic E-state index is -0.805. The van der Waals surface area contributed by atoms with Gasteiger partial charge < -0.3 is 4.74 Å². The van der Waals surface area contributed by atoms with Gasteiger partial charge in [-0.3, -0.25) is 9.59 Å². The number of carbonyl (C=O) groups is 2. The number of carbonyl (C=O) groups excluding carboxylic acids is 2. The molecule has 3 nitrogen and oxygen atoms in total. The van der Waals surface area contributed by atoms with Gasteiger partial charge in [-0.25, -0.2) is 0 Å². The predicted molar refractivity (Wildman–Crippen MR) is 95.2 cm³/mol. The second-order valence-corrected chi connectivity index (χ2v) is 6.26. The van der Waals surface area contributed by atoms with E-state index in [1.54, 1.807) is 6.92 Å². The van der Waals surface area contributed by atoms with Crippen molar-refractivity contribution in [1.82, 2.24) is 0 Å². The highest BCUT2D eigenvalue weighted by Crippen LogP contribution is 2.36. The Kier molecular flexibility index (Phi) is 6.16. The molecule has 0 N–H and O–H groups in total. The van der Waals surface area contributed by atoms with Crippen LogP contribution in [0, 0.1) is 0 Å². The van der Waals surface area contributed by atoms with Crippen LogP contribution in [0.25, 0.3) is 0 Å². The maximum atomic E-state index is 12.7. The van der Waals surface area contributed by atoms with Gasteiger partial charge >= 0.3 is 5.97 Å². The van der Waals surface area contributed by atoms with Crippen LogP contribution in [0.3, 0.4) is 0 Å². The van der Waals surface area contributed by atoms with Gasteiger partial charge in [0.1, 0.15) is 5.78 Å². The third-order valence-corrected chi connectivity index (χ3v) is 4.80. The summed E-state index contributed by atoms with van der Waals surface area (Å²) in [5.41, 5.74) is 0.977. The molecule has 2 aromatic carbocycles. The molecule has 0 radical (unpaired) electrons. The maximum Gasteiger partial charge on any atom is 0.305 e. The zero-order valence-corrected chi connectivity index (χ0v) is 14.7. The van der Waals surface area contributed by atoms with Crippen LogP contribution < -0.4 is 0 Å². The standard InChI is InChI=1S/C20H21ClO3/c1-15(22)20(13-12-19(23)24-2,17-9-4-3-5-10-17)14-16-8-6-7-11-18(16)21/h3-11H,12-14H2,1-2H3. The largest absolute Gasteiger partial charge is 0.469 e. The molecule has 0 amide bonds. The molecule has 1 unspecified atom stereocenters. The zero-order valence-electron chi connectivity index (χ0n) is 13.9. The fraction of sp³-hybridized carbons (Fsp3) is 0.300. The van der Waals surface area contributed by atoms with Crippen molar-refractivity contribution < 1.29 is 14.3 Å². The van der Waals surface area contributed by atoms with Gasteiger partial charge in [-0.1, -0.05) is 60.1 Å². The lowest BCUT2D eigenvalue weighted by Crippen LogP contribution is -2.37. The first-order valence-electron chi connectivity index (χ1n) is 7.86. The summed E-state index contributed by atoms with van der Waals surface area (Å²) in [5.74, 6) is -0.312. The number of rotatable bonds is 7. The Labute approximate surface area is 147 Å². The normalized spacial score (nSPS) is 13.1. The highest BCUT2D eigenvalue weighted by atomic mass is 35.5. The molecule has 126 valence electrons. The molecule has 0 saturated heterocycles. The lowest BCUT2D eigenvalue weighted by Gasteiger charge is -2.32. The number of hydrogen-bond donors (Lipinski definition) is 0. The zero-order chi connectivity index (χ0) is 17.6. The summed E-state index contributed by atoms with van der Waals surface area (Å²) < 4.78 is 4.76. The second-order valence-electron chi connectivity index (χ2n) is 5.85. The minimum Gasteiger partial charge on any atom is -0.469 e. The number of ketones is 1. The Morgan fingerprint density at radius 2 is 1.67 bits per heavy atom. The Morgan fingerprint density at radius 3 is 2.25 bits per heavy atom. The van der Waals surface area contributed by atoms with Crippen molar-refractivity contribution in [3.05, 3.63) is 70.7 Å². The van der Waals surface area contributed by atoms with Gasteiger partial charge in [0.05, 0.1) is 12.5 Å². The Morgan fingerprint density at radius 1 is 1.04 bits per heavy atom. The molecule has 0 aliphatic carbocycles. The van der Waals surface area contributed by atoms with Gasteiger partial charge in [-0.05, 0) is 37.0 Å². The van der Waals surface area contributed by atoms with Gasteiger partial charge in [-0.15, -0.1) is 0 Å². The smallest absolute Gasteiger partial charge is 0.305 e. The van der Waals surface area contributed by atoms with Gasteiger partial charge in [0, 0.05) is 11.4 Å². The highest BCUT2D eigenvalue weighted by Gasteiger charge is 2.38. The van der Waals surface area contributed by atoms with E-state index in [0.29, 0.717) is 17.9 Å². The fourth-order valence-electron chi connectivity index (χ4n) is 2.98. The van der Waals surface area contributed by atoms with Crippen molar-refractivity contribution in [2.75, 3.05) is 7.11 Å². The van der Waals surface area contributed by atoms with Crippen molar-refractivity contribution in [2.45, 2.75) is 31.6 Å². The number of ether oxygens (including phenoxy) is 1. The average Bonchev–Trinajstić information content (AvgIpc) is 2.60. The van der Waals surface area contributed by atoms with E-state index in [1.807, 2.05) is 54.6 Å². The molecule has 0 aromatic heterocycles. The number of halogens is 1. The molecule has 0 aliphatic rings. The van der Waals surface area contributed by atoms with Crippen LogP contribution in [0.2, 0.25) is 5.02 Å². The third kappa shape index (κ3) is 4.04. The van der Waals surface area contributed by atoms with E-state index in [9.17, 15) is 9.59 Å². The van der Waals surface area contributed by atoms with E-state index >= 15 is 0 Å². The molecule has 0 heterocycles. The average molecular weight is 345 g/mol. The Bertz CT molecular complexity index is 712. The van der Waals surface area contributed by atoms with Crippen LogP contribution in [0.5, 0.6) is 0 Å². The third-order valence-electron chi connectivity index (χ3n) is 4.43. The number of benzene rings is 2. The van der Waals surface area contributed by atoms with Crippen LogP contribution >= 0.6 is 11.6 Å². The van der Waals surface area contributed by atoms with Gasteiger partial charge in [0.2, 0.25) is 0 Å². The predicted octanol–water partition coefficient (Wildman–Crippen LogP) is 4.36. The van der Waals surface area contributed by atoms with Crippen molar-refractivity contribution in [3.8, 4) is 0 Å². The van der Waals surface area contributed by atoms with Crippen LogP contribution in [0.1, 0.15) is 30.9 Å². The molecule has 2 rings (SSSR count). The highest BCUT2D eigenvalue weighted by molar-refractivity contribution is 6.31. The quantitative estimate of drug-likeness (QED) is 0.701. The first-order valence-corrected chi connectivity index (χ1v) is 8.24. The minimum absolute atomic E-state index is 0.0116. The van der Waals surface area contributed by atoms with Crippen molar-refractivity contribution in [3.63, 3.8) is 0 Å². The molecule has 0 spiro atoms. The Balaban J connectivity index is 2.47. The molecule has 0 bridgehead atoms. The summed E-state index contributed by atoms with van der Waals surface area (Å²) in [5, 5.41) is 0.622. The number of hydrogen-bond acceptors (Lipinski definition) is 3. The summed E-state index contributed by atoms with van der Waals surface area (Å²) in [4.78, 5) is 24.4. The second kappa shape index (κ2) is 8.11. The van der Waals surface area contributed by atoms with Gasteiger partial charge in [0.25, 0.3) is 0 Å². The van der Waals surface area contributed by atoms with Crippen LogP contribution in [0.4, 0.5) is 0 Å². The number of esters is 1. The van der Waals surface area contributed by atoms with E-state index < -0.39 is 5.41 Å². The van der Waals surface area contributed by atoms with Gasteiger partial charge in [0.15, 0.2) is 0 Å². The van der Waals surface area contributed by atoms with Gasteiger partial charge in [-0.2, -0.15) is 0 Å². The topological polar surface area (TPSA) is 43.4 Å². The fourth-order valence-corrected chi connectivity index (χ4v) is 3.18. The maximum absolute atomic E-state index is 12.7. The Hall–Kier alpha value is -2.13. The lowest BCUT2D eigenvalue weighted by atomic mass is 9.69. The lowest BCUT2D eigenvalue weighted by molar-refractivity contribution is -0.141. The summed E-state index contributed by atoms with van der Waals surface area (Å²) in [6.45, 7) is 1.57. The summed E-state index contributed by atoms with van der Waals surface area (Å²) in [6, 6.07) is 17.1. The monoisotopic (exact) mass is 344 g/mol. The molecule has 4 heteroatoms. The molecule has 0 saturated carbocycles. The van der Waals surface area contributed by atoms with E-state index in [1.165, 1.54) is 7.11 Å². The number of Topliss-reactive ketones (excluding diaryl/α,β-unsaturated/α-hetero) is 1. The van der Waals surface area contributed by atoms with Crippen LogP contribution in [-0.4, -0.2) is 18.9 Å². The summed E-state index contributed by atoms with van der Waals surface area (Å²) in [7, 11) is 1.36. The SMILES string of the molecule is COC(=O)CCC(Cc1ccccc1Cl)(C(C)=O)c1ccccc1. The van der Waals surface area contributed by atoms with E-state index in [2.05, 4.69) is 0 Å². The van der Waals surface area contributed by atoms with E-state index in [0.717, 1.165) is 11.1 Å². The van der Waals surface area contributed by atoms with Crippen molar-refractivity contribution in [1.29, 1.82) is 0 Å². The molecular weight excluding hydrogens is 324 g/mol.